The van der Waals surface area contributed by atoms with Crippen LogP contribution in [0.15, 0.2) is 24.4 Å². The van der Waals surface area contributed by atoms with Gasteiger partial charge in [0.05, 0.1) is 12.8 Å². The number of nitrogens with zero attached hydrogens (tertiary/aromatic N) is 3. The van der Waals surface area contributed by atoms with E-state index in [1.54, 1.807) is 6.20 Å². The van der Waals surface area contributed by atoms with Crippen LogP contribution < -0.4 is 4.74 Å². The molecule has 1 aromatic rings. The molecule has 24 heavy (non-hydrogen) atoms. The zero-order chi connectivity index (χ0) is 17.2. The first-order valence-electron chi connectivity index (χ1n) is 8.25. The number of rotatable bonds is 4. The summed E-state index contributed by atoms with van der Waals surface area (Å²) >= 11 is 0. The van der Waals surface area contributed by atoms with E-state index in [1.165, 1.54) is 10.6 Å². The van der Waals surface area contributed by atoms with Gasteiger partial charge in [0.2, 0.25) is 21.8 Å². The number of aromatic nitrogens is 1. The van der Waals surface area contributed by atoms with E-state index < -0.39 is 10.0 Å². The molecule has 0 aliphatic carbocycles. The topological polar surface area (TPSA) is 79.8 Å². The van der Waals surface area contributed by atoms with Gasteiger partial charge in [-0.25, -0.2) is 17.7 Å². The van der Waals surface area contributed by atoms with Crippen molar-refractivity contribution in [3.63, 3.8) is 0 Å². The second kappa shape index (κ2) is 7.06. The van der Waals surface area contributed by atoms with Gasteiger partial charge in [-0.1, -0.05) is 6.07 Å². The Morgan fingerprint density at radius 3 is 2.58 bits per heavy atom. The Labute approximate surface area is 142 Å². The summed E-state index contributed by atoms with van der Waals surface area (Å²) in [7, 11) is -3.16. The van der Waals surface area contributed by atoms with Gasteiger partial charge in [0, 0.05) is 44.2 Å². The van der Waals surface area contributed by atoms with E-state index in [0.717, 1.165) is 6.42 Å². The van der Waals surface area contributed by atoms with Crippen molar-refractivity contribution in [3.8, 4) is 5.88 Å². The summed E-state index contributed by atoms with van der Waals surface area (Å²) < 4.78 is 30.4. The molecule has 1 amide bonds. The van der Waals surface area contributed by atoms with Crippen LogP contribution in [0, 0.1) is 5.92 Å². The molecule has 3 rings (SSSR count). The van der Waals surface area contributed by atoms with E-state index in [-0.39, 0.29) is 17.9 Å². The SMILES string of the molecule is CS(=O)(=O)N1CCC(C(=O)N2CCC(Oc3ccccn3)C2)CC1. The van der Waals surface area contributed by atoms with Crippen LogP contribution in [0.3, 0.4) is 0 Å². The van der Waals surface area contributed by atoms with E-state index in [0.29, 0.717) is 44.9 Å². The number of piperidine rings is 1. The molecule has 0 bridgehead atoms. The summed E-state index contributed by atoms with van der Waals surface area (Å²) in [6.07, 6.45) is 4.85. The van der Waals surface area contributed by atoms with Gasteiger partial charge in [-0.2, -0.15) is 0 Å². The summed E-state index contributed by atoms with van der Waals surface area (Å²) in [6, 6.07) is 5.52. The lowest BCUT2D eigenvalue weighted by molar-refractivity contribution is -0.135. The van der Waals surface area contributed by atoms with Crippen LogP contribution in [-0.2, 0) is 14.8 Å². The molecular formula is C16H23N3O4S. The van der Waals surface area contributed by atoms with Crippen molar-refractivity contribution in [3.05, 3.63) is 24.4 Å². The summed E-state index contributed by atoms with van der Waals surface area (Å²) in [4.78, 5) is 18.6. The molecule has 3 heterocycles. The number of carbonyl (C=O) groups excluding carboxylic acids is 1. The number of pyridine rings is 1. The molecule has 0 saturated carbocycles. The fourth-order valence-electron chi connectivity index (χ4n) is 3.30. The van der Waals surface area contributed by atoms with E-state index in [2.05, 4.69) is 4.98 Å². The van der Waals surface area contributed by atoms with Crippen molar-refractivity contribution in [1.82, 2.24) is 14.2 Å². The van der Waals surface area contributed by atoms with Crippen LogP contribution in [0.4, 0.5) is 0 Å². The van der Waals surface area contributed by atoms with Gasteiger partial charge in [-0.05, 0) is 18.9 Å². The second-order valence-corrected chi connectivity index (χ2v) is 8.40. The maximum Gasteiger partial charge on any atom is 0.225 e. The monoisotopic (exact) mass is 353 g/mol. The summed E-state index contributed by atoms with van der Waals surface area (Å²) in [5.74, 6) is 0.616. The van der Waals surface area contributed by atoms with E-state index >= 15 is 0 Å². The third-order valence-electron chi connectivity index (χ3n) is 4.65. The molecule has 1 atom stereocenters. The zero-order valence-electron chi connectivity index (χ0n) is 13.8. The van der Waals surface area contributed by atoms with E-state index in [4.69, 9.17) is 4.74 Å². The smallest absolute Gasteiger partial charge is 0.225 e. The van der Waals surface area contributed by atoms with Gasteiger partial charge in [0.1, 0.15) is 6.10 Å². The first kappa shape index (κ1) is 17.2. The first-order valence-corrected chi connectivity index (χ1v) is 10.1. The predicted octanol–water partition coefficient (Wildman–Crippen LogP) is 0.733. The lowest BCUT2D eigenvalue weighted by Crippen LogP contribution is -2.43. The molecule has 2 aliphatic rings. The van der Waals surface area contributed by atoms with Gasteiger partial charge in [0.25, 0.3) is 0 Å². The minimum Gasteiger partial charge on any atom is -0.472 e. The van der Waals surface area contributed by atoms with Crippen LogP contribution in [0.1, 0.15) is 19.3 Å². The number of carbonyl (C=O) groups is 1. The average molecular weight is 353 g/mol. The van der Waals surface area contributed by atoms with Crippen molar-refractivity contribution < 1.29 is 17.9 Å². The van der Waals surface area contributed by atoms with Gasteiger partial charge < -0.3 is 9.64 Å². The van der Waals surface area contributed by atoms with E-state index in [9.17, 15) is 13.2 Å². The fraction of sp³-hybridized carbons (Fsp3) is 0.625. The molecule has 1 unspecified atom stereocenters. The van der Waals surface area contributed by atoms with Crippen molar-refractivity contribution in [1.29, 1.82) is 0 Å². The minimum atomic E-state index is -3.16. The molecule has 0 radical (unpaired) electrons. The molecule has 7 nitrogen and oxygen atoms in total. The molecule has 2 saturated heterocycles. The number of sulfonamides is 1. The molecule has 8 heteroatoms. The second-order valence-electron chi connectivity index (χ2n) is 6.42. The van der Waals surface area contributed by atoms with Gasteiger partial charge >= 0.3 is 0 Å². The number of hydrogen-bond donors (Lipinski definition) is 0. The van der Waals surface area contributed by atoms with Crippen LogP contribution in [-0.4, -0.2) is 67.1 Å². The maximum atomic E-state index is 12.6. The summed E-state index contributed by atoms with van der Waals surface area (Å²) in [5, 5.41) is 0. The number of hydrogen-bond acceptors (Lipinski definition) is 5. The molecule has 0 N–H and O–H groups in total. The molecule has 0 spiro atoms. The normalized spacial score (nSPS) is 23.4. The number of amides is 1. The lowest BCUT2D eigenvalue weighted by atomic mass is 9.97. The third kappa shape index (κ3) is 4.05. The highest BCUT2D eigenvalue weighted by molar-refractivity contribution is 7.88. The minimum absolute atomic E-state index is 0.0278. The highest BCUT2D eigenvalue weighted by Crippen LogP contribution is 2.24. The molecule has 2 fully saturated rings. The van der Waals surface area contributed by atoms with Gasteiger partial charge in [-0.3, -0.25) is 4.79 Å². The van der Waals surface area contributed by atoms with Gasteiger partial charge in [0.15, 0.2) is 0 Å². The largest absolute Gasteiger partial charge is 0.472 e. The maximum absolute atomic E-state index is 12.6. The molecule has 2 aliphatic heterocycles. The average Bonchev–Trinajstić information content (AvgIpc) is 3.03. The van der Waals surface area contributed by atoms with Crippen LogP contribution in [0.5, 0.6) is 5.88 Å². The Bertz CT molecular complexity index is 672. The zero-order valence-corrected chi connectivity index (χ0v) is 14.6. The Morgan fingerprint density at radius 1 is 1.21 bits per heavy atom. The Kier molecular flexibility index (Phi) is 5.05. The number of likely N-dealkylation sites (tertiary alicyclic amines) is 1. The van der Waals surface area contributed by atoms with Crippen molar-refractivity contribution >= 4 is 15.9 Å². The summed E-state index contributed by atoms with van der Waals surface area (Å²) in [6.45, 7) is 2.11. The fourth-order valence-corrected chi connectivity index (χ4v) is 4.18. The standard InChI is InChI=1S/C16H23N3O4S/c1-24(21,22)19-10-5-13(6-11-19)16(20)18-9-7-14(12-18)23-15-4-2-3-8-17-15/h2-4,8,13-14H,5-7,9-12H2,1H3. The van der Waals surface area contributed by atoms with Crippen LogP contribution in [0.2, 0.25) is 0 Å². The molecule has 0 aromatic carbocycles. The molecule has 132 valence electrons. The van der Waals surface area contributed by atoms with Crippen molar-refractivity contribution in [2.45, 2.75) is 25.4 Å². The Balaban J connectivity index is 1.50. The lowest BCUT2D eigenvalue weighted by Gasteiger charge is -2.31. The van der Waals surface area contributed by atoms with Crippen LogP contribution in [0.25, 0.3) is 0 Å². The molecular weight excluding hydrogens is 330 g/mol. The van der Waals surface area contributed by atoms with E-state index in [1.807, 2.05) is 23.1 Å². The van der Waals surface area contributed by atoms with Crippen molar-refractivity contribution in [2.24, 2.45) is 5.92 Å². The highest BCUT2D eigenvalue weighted by Gasteiger charge is 2.35. The quantitative estimate of drug-likeness (QED) is 0.797. The Hall–Kier alpha value is -1.67. The van der Waals surface area contributed by atoms with Gasteiger partial charge in [-0.15, -0.1) is 0 Å². The third-order valence-corrected chi connectivity index (χ3v) is 5.96. The van der Waals surface area contributed by atoms with Crippen LogP contribution >= 0.6 is 0 Å². The first-order chi connectivity index (χ1) is 11.4. The highest BCUT2D eigenvalue weighted by atomic mass is 32.2. The predicted molar refractivity (Wildman–Crippen MR) is 89.0 cm³/mol. The number of ether oxygens (including phenoxy) is 1. The summed E-state index contributed by atoms with van der Waals surface area (Å²) in [5.41, 5.74) is 0. The van der Waals surface area contributed by atoms with Crippen molar-refractivity contribution in [2.75, 3.05) is 32.4 Å². The molecule has 1 aromatic heterocycles. The Morgan fingerprint density at radius 2 is 1.96 bits per heavy atom.